The van der Waals surface area contributed by atoms with Gasteiger partial charge in [0, 0.05) is 19.3 Å². The molecule has 0 saturated carbocycles. The molecule has 0 bridgehead atoms. The van der Waals surface area contributed by atoms with Gasteiger partial charge in [-0.3, -0.25) is 0 Å². The Kier molecular flexibility index (Phi) is 3.26. The van der Waals surface area contributed by atoms with Crippen LogP contribution in [-0.2, 0) is 11.2 Å². The molecule has 5 N–H and O–H groups in total. The first kappa shape index (κ1) is 13.9. The Hall–Kier alpha value is -1.74. The molecular formula is C14H19N5O3. The maximum Gasteiger partial charge on any atom is 0.164 e. The van der Waals surface area contributed by atoms with Crippen molar-refractivity contribution in [2.24, 2.45) is 5.73 Å². The molecule has 0 radical (unpaired) electrons. The van der Waals surface area contributed by atoms with E-state index < -0.39 is 24.5 Å². The first-order valence-electron chi connectivity index (χ1n) is 7.50. The Morgan fingerprint density at radius 2 is 2.23 bits per heavy atom. The smallest absolute Gasteiger partial charge is 0.164 e. The van der Waals surface area contributed by atoms with E-state index in [0.29, 0.717) is 5.65 Å². The Morgan fingerprint density at radius 3 is 3.00 bits per heavy atom. The number of hydrogen-bond donors (Lipinski definition) is 4. The van der Waals surface area contributed by atoms with Gasteiger partial charge in [0.05, 0.1) is 5.39 Å². The SMILES string of the molecule is NC[C@H]1O[C@@H](n2cc3c4c(ncnc42)NCCC3)[C@H](O)[C@@H]1O. The second kappa shape index (κ2) is 5.17. The molecule has 0 spiro atoms. The van der Waals surface area contributed by atoms with E-state index in [1.54, 1.807) is 4.57 Å². The number of ether oxygens (including phenoxy) is 1. The van der Waals surface area contributed by atoms with Gasteiger partial charge in [0.15, 0.2) is 6.23 Å². The number of hydrogen-bond acceptors (Lipinski definition) is 7. The van der Waals surface area contributed by atoms with Crippen molar-refractivity contribution in [3.8, 4) is 0 Å². The van der Waals surface area contributed by atoms with E-state index in [1.807, 2.05) is 6.20 Å². The third-order valence-electron chi connectivity index (χ3n) is 4.45. The molecule has 2 aromatic rings. The maximum atomic E-state index is 10.3. The van der Waals surface area contributed by atoms with Crippen LogP contribution in [-0.4, -0.2) is 56.1 Å². The molecule has 1 saturated heterocycles. The lowest BCUT2D eigenvalue weighted by Crippen LogP contribution is -2.35. The lowest BCUT2D eigenvalue weighted by molar-refractivity contribution is -0.0319. The van der Waals surface area contributed by atoms with E-state index in [9.17, 15) is 10.2 Å². The largest absolute Gasteiger partial charge is 0.387 e. The molecule has 4 atom stereocenters. The minimum absolute atomic E-state index is 0.155. The molecule has 0 amide bonds. The predicted octanol–water partition coefficient (Wildman–Crippen LogP) is -0.633. The van der Waals surface area contributed by atoms with Crippen molar-refractivity contribution in [1.29, 1.82) is 0 Å². The Morgan fingerprint density at radius 1 is 1.36 bits per heavy atom. The molecule has 4 heterocycles. The van der Waals surface area contributed by atoms with Crippen molar-refractivity contribution in [3.05, 3.63) is 18.1 Å². The number of nitrogens with one attached hydrogen (secondary N) is 1. The highest BCUT2D eigenvalue weighted by atomic mass is 16.6. The maximum absolute atomic E-state index is 10.3. The normalized spacial score (nSPS) is 31.2. The van der Waals surface area contributed by atoms with Gasteiger partial charge in [-0.15, -0.1) is 0 Å². The second-order valence-corrected chi connectivity index (χ2v) is 5.79. The summed E-state index contributed by atoms with van der Waals surface area (Å²) in [6.07, 6.45) is 2.04. The summed E-state index contributed by atoms with van der Waals surface area (Å²) >= 11 is 0. The van der Waals surface area contributed by atoms with E-state index in [1.165, 1.54) is 6.33 Å². The van der Waals surface area contributed by atoms with Crippen LogP contribution in [0.5, 0.6) is 0 Å². The fourth-order valence-electron chi connectivity index (χ4n) is 3.32. The van der Waals surface area contributed by atoms with Crippen LogP contribution in [0.4, 0.5) is 5.82 Å². The Balaban J connectivity index is 1.83. The zero-order valence-corrected chi connectivity index (χ0v) is 12.0. The summed E-state index contributed by atoms with van der Waals surface area (Å²) in [5.74, 6) is 0.805. The van der Waals surface area contributed by atoms with E-state index in [-0.39, 0.29) is 6.54 Å². The highest BCUT2D eigenvalue weighted by Gasteiger charge is 2.43. The Bertz CT molecular complexity index is 703. The summed E-state index contributed by atoms with van der Waals surface area (Å²) < 4.78 is 7.52. The third kappa shape index (κ3) is 1.92. The predicted molar refractivity (Wildman–Crippen MR) is 79.3 cm³/mol. The quantitative estimate of drug-likeness (QED) is 0.583. The average Bonchev–Trinajstić information content (AvgIpc) is 2.94. The minimum Gasteiger partial charge on any atom is -0.387 e. The first-order chi connectivity index (χ1) is 10.7. The molecule has 2 aromatic heterocycles. The summed E-state index contributed by atoms with van der Waals surface area (Å²) in [6, 6.07) is 0. The number of aliphatic hydroxyl groups excluding tert-OH is 2. The highest BCUT2D eigenvalue weighted by Crippen LogP contribution is 2.35. The van der Waals surface area contributed by atoms with Crippen molar-refractivity contribution in [3.63, 3.8) is 0 Å². The van der Waals surface area contributed by atoms with Crippen LogP contribution in [0.3, 0.4) is 0 Å². The molecule has 0 unspecified atom stereocenters. The summed E-state index contributed by atoms with van der Waals surface area (Å²) in [5.41, 5.74) is 7.40. The van der Waals surface area contributed by atoms with Gasteiger partial charge in [0.25, 0.3) is 0 Å². The van der Waals surface area contributed by atoms with Gasteiger partial charge in [-0.1, -0.05) is 0 Å². The number of aryl methyl sites for hydroxylation is 1. The van der Waals surface area contributed by atoms with Gasteiger partial charge in [-0.05, 0) is 18.4 Å². The Labute approximate surface area is 126 Å². The fraction of sp³-hybridized carbons (Fsp3) is 0.571. The molecule has 2 aliphatic rings. The first-order valence-corrected chi connectivity index (χ1v) is 7.50. The van der Waals surface area contributed by atoms with Gasteiger partial charge in [-0.2, -0.15) is 0 Å². The molecule has 0 aromatic carbocycles. The fourth-order valence-corrected chi connectivity index (χ4v) is 3.32. The molecule has 118 valence electrons. The van der Waals surface area contributed by atoms with Crippen molar-refractivity contribution < 1.29 is 14.9 Å². The average molecular weight is 305 g/mol. The summed E-state index contributed by atoms with van der Waals surface area (Å²) in [7, 11) is 0. The van der Waals surface area contributed by atoms with Crippen molar-refractivity contribution in [1.82, 2.24) is 14.5 Å². The van der Waals surface area contributed by atoms with E-state index in [0.717, 1.165) is 36.2 Å². The van der Waals surface area contributed by atoms with Crippen LogP contribution < -0.4 is 11.1 Å². The second-order valence-electron chi connectivity index (χ2n) is 5.79. The highest BCUT2D eigenvalue weighted by molar-refractivity contribution is 5.91. The number of nitrogens with two attached hydrogens (primary N) is 1. The number of aliphatic hydroxyl groups is 2. The van der Waals surface area contributed by atoms with Gasteiger partial charge in [0.2, 0.25) is 0 Å². The number of nitrogens with zero attached hydrogens (tertiary/aromatic N) is 3. The third-order valence-corrected chi connectivity index (χ3v) is 4.45. The van der Waals surface area contributed by atoms with E-state index in [4.69, 9.17) is 10.5 Å². The standard InChI is InChI=1S/C14H19N5O3/c15-4-8-10(20)11(21)14(22-8)19-5-7-2-1-3-16-12-9(7)13(19)18-6-17-12/h5-6,8,10-11,14,20-21H,1-4,15H2,(H,16,17,18)/t8-,10-,11-,14-/m1/s1. The van der Waals surface area contributed by atoms with Crippen molar-refractivity contribution in [2.45, 2.75) is 37.4 Å². The van der Waals surface area contributed by atoms with Gasteiger partial charge < -0.3 is 30.6 Å². The number of anilines is 1. The van der Waals surface area contributed by atoms with Crippen LogP contribution in [0.2, 0.25) is 0 Å². The summed E-state index contributed by atoms with van der Waals surface area (Å²) in [6.45, 7) is 1.03. The lowest BCUT2D eigenvalue weighted by Gasteiger charge is -2.17. The monoisotopic (exact) mass is 305 g/mol. The van der Waals surface area contributed by atoms with Gasteiger partial charge >= 0.3 is 0 Å². The van der Waals surface area contributed by atoms with Crippen LogP contribution >= 0.6 is 0 Å². The molecule has 4 rings (SSSR count). The summed E-state index contributed by atoms with van der Waals surface area (Å²) in [5, 5.41) is 24.6. The van der Waals surface area contributed by atoms with E-state index in [2.05, 4.69) is 15.3 Å². The molecule has 8 heteroatoms. The van der Waals surface area contributed by atoms with Crippen LogP contribution in [0.25, 0.3) is 11.0 Å². The topological polar surface area (TPSA) is 118 Å². The van der Waals surface area contributed by atoms with Crippen LogP contribution in [0.1, 0.15) is 18.2 Å². The number of rotatable bonds is 2. The summed E-state index contributed by atoms with van der Waals surface area (Å²) in [4.78, 5) is 8.64. The molecule has 8 nitrogen and oxygen atoms in total. The lowest BCUT2D eigenvalue weighted by atomic mass is 10.1. The molecular weight excluding hydrogens is 286 g/mol. The number of aromatic nitrogens is 3. The van der Waals surface area contributed by atoms with Gasteiger partial charge in [0.1, 0.15) is 36.1 Å². The van der Waals surface area contributed by atoms with E-state index >= 15 is 0 Å². The van der Waals surface area contributed by atoms with Crippen LogP contribution in [0, 0.1) is 0 Å². The zero-order chi connectivity index (χ0) is 15.3. The zero-order valence-electron chi connectivity index (χ0n) is 12.0. The van der Waals surface area contributed by atoms with Crippen LogP contribution in [0.15, 0.2) is 12.5 Å². The van der Waals surface area contributed by atoms with Gasteiger partial charge in [-0.25, -0.2) is 9.97 Å². The minimum atomic E-state index is -1.04. The molecule has 2 aliphatic heterocycles. The molecule has 0 aliphatic carbocycles. The molecule has 1 fully saturated rings. The molecule has 22 heavy (non-hydrogen) atoms. The van der Waals surface area contributed by atoms with Crippen molar-refractivity contribution in [2.75, 3.05) is 18.4 Å². The van der Waals surface area contributed by atoms with Crippen molar-refractivity contribution >= 4 is 16.9 Å².